The number of rotatable bonds is 4. The van der Waals surface area contributed by atoms with Crippen molar-refractivity contribution in [3.8, 4) is 0 Å². The van der Waals surface area contributed by atoms with Crippen LogP contribution in [0.3, 0.4) is 0 Å². The van der Waals surface area contributed by atoms with Gasteiger partial charge in [-0.25, -0.2) is 0 Å². The van der Waals surface area contributed by atoms with Gasteiger partial charge in [0.2, 0.25) is 5.91 Å². The van der Waals surface area contributed by atoms with Gasteiger partial charge < -0.3 is 4.90 Å². The van der Waals surface area contributed by atoms with E-state index in [1.165, 1.54) is 29.1 Å². The fourth-order valence-electron chi connectivity index (χ4n) is 4.77. The molecule has 2 aromatic rings. The third-order valence-electron chi connectivity index (χ3n) is 6.71. The SMILES string of the molecule is Cc1ccc([C@@H]2CN(CC(=O)N3CCC[C@@H](C)[C@H]3C)C[C@H]2c2csnn2)cc1. The van der Waals surface area contributed by atoms with Gasteiger partial charge in [-0.15, -0.1) is 5.10 Å². The molecule has 4 atom stereocenters. The Bertz CT molecular complexity index is 791. The Hall–Kier alpha value is -1.79. The average molecular weight is 399 g/mol. The third-order valence-corrected chi connectivity index (χ3v) is 7.23. The minimum Gasteiger partial charge on any atom is -0.339 e. The third kappa shape index (κ3) is 3.98. The summed E-state index contributed by atoms with van der Waals surface area (Å²) in [5, 5.41) is 6.42. The Morgan fingerprint density at radius 3 is 2.64 bits per heavy atom. The Labute approximate surface area is 171 Å². The molecule has 2 saturated heterocycles. The molecule has 0 saturated carbocycles. The highest BCUT2D eigenvalue weighted by Crippen LogP contribution is 2.39. The lowest BCUT2D eigenvalue weighted by atomic mass is 9.87. The zero-order valence-electron chi connectivity index (χ0n) is 17.0. The summed E-state index contributed by atoms with van der Waals surface area (Å²) < 4.78 is 4.08. The molecule has 0 bridgehead atoms. The van der Waals surface area contributed by atoms with Crippen molar-refractivity contribution >= 4 is 17.4 Å². The van der Waals surface area contributed by atoms with Crippen molar-refractivity contribution in [2.24, 2.45) is 5.92 Å². The highest BCUT2D eigenvalue weighted by Gasteiger charge is 2.38. The Kier molecular flexibility index (Phi) is 5.78. The van der Waals surface area contributed by atoms with Crippen molar-refractivity contribution in [2.75, 3.05) is 26.2 Å². The summed E-state index contributed by atoms with van der Waals surface area (Å²) in [6.07, 6.45) is 2.35. The van der Waals surface area contributed by atoms with Gasteiger partial charge in [0.25, 0.3) is 0 Å². The summed E-state index contributed by atoms with van der Waals surface area (Å²) >= 11 is 1.41. The molecule has 0 aliphatic carbocycles. The van der Waals surface area contributed by atoms with Gasteiger partial charge >= 0.3 is 0 Å². The highest BCUT2D eigenvalue weighted by atomic mass is 32.1. The molecule has 1 aromatic heterocycles. The fraction of sp³-hybridized carbons (Fsp3) is 0.591. The van der Waals surface area contributed by atoms with E-state index in [1.54, 1.807) is 0 Å². The van der Waals surface area contributed by atoms with E-state index in [-0.39, 0.29) is 5.91 Å². The molecule has 0 unspecified atom stereocenters. The van der Waals surface area contributed by atoms with Gasteiger partial charge in [0.1, 0.15) is 0 Å². The molecule has 0 N–H and O–H groups in total. The molecule has 2 aliphatic rings. The van der Waals surface area contributed by atoms with Crippen LogP contribution in [0.15, 0.2) is 29.6 Å². The molecule has 28 heavy (non-hydrogen) atoms. The topological polar surface area (TPSA) is 49.3 Å². The van der Waals surface area contributed by atoms with Gasteiger partial charge in [-0.3, -0.25) is 9.69 Å². The van der Waals surface area contributed by atoms with Crippen LogP contribution in [-0.2, 0) is 4.79 Å². The molecular weight excluding hydrogens is 368 g/mol. The largest absolute Gasteiger partial charge is 0.339 e. The second-order valence-corrected chi connectivity index (χ2v) is 9.20. The van der Waals surface area contributed by atoms with Gasteiger partial charge in [-0.2, -0.15) is 0 Å². The van der Waals surface area contributed by atoms with Crippen LogP contribution in [-0.4, -0.2) is 57.5 Å². The number of hydrogen-bond donors (Lipinski definition) is 0. The van der Waals surface area contributed by atoms with E-state index in [1.807, 2.05) is 0 Å². The number of aromatic nitrogens is 2. The number of aryl methyl sites for hydroxylation is 1. The first-order valence-corrected chi connectivity index (χ1v) is 11.2. The molecular formula is C22H30N4OS. The molecule has 0 radical (unpaired) electrons. The first-order valence-electron chi connectivity index (χ1n) is 10.4. The zero-order chi connectivity index (χ0) is 19.7. The van der Waals surface area contributed by atoms with Crippen molar-refractivity contribution in [2.45, 2.75) is 51.5 Å². The molecule has 2 fully saturated rings. The highest BCUT2D eigenvalue weighted by molar-refractivity contribution is 7.03. The number of hydrogen-bond acceptors (Lipinski definition) is 5. The molecule has 5 nitrogen and oxygen atoms in total. The van der Waals surface area contributed by atoms with Crippen LogP contribution in [0.5, 0.6) is 0 Å². The number of carbonyl (C=O) groups excluding carboxylic acids is 1. The van der Waals surface area contributed by atoms with E-state index in [0.29, 0.717) is 30.3 Å². The van der Waals surface area contributed by atoms with Gasteiger partial charge in [-0.1, -0.05) is 41.2 Å². The first-order chi connectivity index (χ1) is 13.5. The van der Waals surface area contributed by atoms with Crippen LogP contribution in [0.1, 0.15) is 55.3 Å². The maximum Gasteiger partial charge on any atom is 0.236 e. The lowest BCUT2D eigenvalue weighted by Gasteiger charge is -2.38. The summed E-state index contributed by atoms with van der Waals surface area (Å²) in [5.41, 5.74) is 3.66. The summed E-state index contributed by atoms with van der Waals surface area (Å²) in [6, 6.07) is 9.15. The normalized spacial score (nSPS) is 28.6. The predicted molar refractivity (Wildman–Crippen MR) is 113 cm³/mol. The number of nitrogens with zero attached hydrogens (tertiary/aromatic N) is 4. The predicted octanol–water partition coefficient (Wildman–Crippen LogP) is 3.68. The van der Waals surface area contributed by atoms with Crippen LogP contribution in [0, 0.1) is 12.8 Å². The molecule has 0 spiro atoms. The standard InChI is InChI=1S/C22H30N4OS/c1-15-6-8-18(9-7-15)19-11-25(12-20(19)21-14-28-24-23-21)13-22(27)26-10-4-5-16(2)17(26)3/h6-9,14,16-17,19-20H,4-5,10-13H2,1-3H3/t16-,17-,19+,20-/m1/s1. The number of likely N-dealkylation sites (tertiary alicyclic amines) is 2. The second-order valence-electron chi connectivity index (χ2n) is 8.59. The Morgan fingerprint density at radius 2 is 1.93 bits per heavy atom. The Morgan fingerprint density at radius 1 is 1.18 bits per heavy atom. The van der Waals surface area contributed by atoms with Crippen LogP contribution >= 0.6 is 11.5 Å². The van der Waals surface area contributed by atoms with E-state index in [2.05, 4.69) is 69.8 Å². The van der Waals surface area contributed by atoms with Crippen molar-refractivity contribution in [3.63, 3.8) is 0 Å². The smallest absolute Gasteiger partial charge is 0.236 e. The summed E-state index contributed by atoms with van der Waals surface area (Å²) in [5.74, 6) is 1.52. The summed E-state index contributed by atoms with van der Waals surface area (Å²) in [6.45, 7) is 9.75. The van der Waals surface area contributed by atoms with Gasteiger partial charge in [0.15, 0.2) is 0 Å². The maximum atomic E-state index is 13.0. The van der Waals surface area contributed by atoms with E-state index in [9.17, 15) is 4.79 Å². The number of amides is 1. The Balaban J connectivity index is 1.50. The molecule has 4 rings (SSSR count). The maximum absolute atomic E-state index is 13.0. The summed E-state index contributed by atoms with van der Waals surface area (Å²) in [7, 11) is 0. The van der Waals surface area contributed by atoms with Gasteiger partial charge in [0.05, 0.1) is 12.2 Å². The van der Waals surface area contributed by atoms with Crippen LogP contribution in [0.25, 0.3) is 0 Å². The van der Waals surface area contributed by atoms with E-state index < -0.39 is 0 Å². The molecule has 6 heteroatoms. The second kappa shape index (κ2) is 8.29. The molecule has 1 amide bonds. The zero-order valence-corrected chi connectivity index (χ0v) is 17.9. The lowest BCUT2D eigenvalue weighted by molar-refractivity contribution is -0.136. The molecule has 1 aromatic carbocycles. The van der Waals surface area contributed by atoms with Crippen molar-refractivity contribution in [3.05, 3.63) is 46.5 Å². The first kappa shape index (κ1) is 19.5. The van der Waals surface area contributed by atoms with Crippen LogP contribution < -0.4 is 0 Å². The fourth-order valence-corrected chi connectivity index (χ4v) is 5.29. The molecule has 2 aliphatic heterocycles. The number of carbonyl (C=O) groups is 1. The van der Waals surface area contributed by atoms with Crippen LogP contribution in [0.4, 0.5) is 0 Å². The minimum absolute atomic E-state index is 0.277. The van der Waals surface area contributed by atoms with Crippen molar-refractivity contribution in [1.29, 1.82) is 0 Å². The van der Waals surface area contributed by atoms with Crippen molar-refractivity contribution < 1.29 is 4.79 Å². The number of benzene rings is 1. The van der Waals surface area contributed by atoms with E-state index in [0.717, 1.165) is 31.7 Å². The lowest BCUT2D eigenvalue weighted by Crippen LogP contribution is -2.49. The quantitative estimate of drug-likeness (QED) is 0.788. The molecule has 3 heterocycles. The average Bonchev–Trinajstić information content (AvgIpc) is 3.34. The summed E-state index contributed by atoms with van der Waals surface area (Å²) in [4.78, 5) is 17.5. The monoisotopic (exact) mass is 398 g/mol. The minimum atomic E-state index is 0.277. The molecule has 150 valence electrons. The van der Waals surface area contributed by atoms with Crippen molar-refractivity contribution in [1.82, 2.24) is 19.4 Å². The van der Waals surface area contributed by atoms with E-state index in [4.69, 9.17) is 0 Å². The van der Waals surface area contributed by atoms with Crippen LogP contribution in [0.2, 0.25) is 0 Å². The number of piperidine rings is 1. The van der Waals surface area contributed by atoms with Gasteiger partial charge in [0, 0.05) is 42.9 Å². The van der Waals surface area contributed by atoms with Gasteiger partial charge in [-0.05, 0) is 49.7 Å². The van der Waals surface area contributed by atoms with E-state index >= 15 is 0 Å².